The van der Waals surface area contributed by atoms with E-state index in [0.29, 0.717) is 33.9 Å². The SMILES string of the molecule is COc1cc(/C=N/NC(=O)CSc2nc3ccccc3o2)ccc1OCc1cccc(Cl)c1. The smallest absolute Gasteiger partial charge is 0.257 e. The number of hydrazone groups is 1. The summed E-state index contributed by atoms with van der Waals surface area (Å²) in [5.41, 5.74) is 5.64. The van der Waals surface area contributed by atoms with Gasteiger partial charge in [0.1, 0.15) is 12.1 Å². The minimum absolute atomic E-state index is 0.129. The van der Waals surface area contributed by atoms with Crippen LogP contribution in [0.15, 0.2) is 81.5 Å². The number of nitrogens with one attached hydrogen (secondary N) is 1. The first-order valence-electron chi connectivity index (χ1n) is 9.96. The number of carbonyl (C=O) groups is 1. The fourth-order valence-corrected chi connectivity index (χ4v) is 3.77. The average Bonchev–Trinajstić information content (AvgIpc) is 3.25. The van der Waals surface area contributed by atoms with Gasteiger partial charge in [0.25, 0.3) is 11.1 Å². The predicted octanol–water partition coefficient (Wildman–Crippen LogP) is 5.31. The third-order valence-electron chi connectivity index (χ3n) is 4.47. The Labute approximate surface area is 199 Å². The van der Waals surface area contributed by atoms with Crippen molar-refractivity contribution in [1.82, 2.24) is 10.4 Å². The summed E-state index contributed by atoms with van der Waals surface area (Å²) in [5.74, 6) is 1.00. The first-order chi connectivity index (χ1) is 16.1. The highest BCUT2D eigenvalue weighted by Gasteiger charge is 2.09. The molecule has 3 aromatic carbocycles. The van der Waals surface area contributed by atoms with Crippen molar-refractivity contribution < 1.29 is 18.7 Å². The molecule has 1 N–H and O–H groups in total. The Hall–Kier alpha value is -3.49. The predicted molar refractivity (Wildman–Crippen MR) is 129 cm³/mol. The summed E-state index contributed by atoms with van der Waals surface area (Å²) in [6.07, 6.45) is 1.53. The molecule has 4 aromatic rings. The van der Waals surface area contributed by atoms with Gasteiger partial charge in [-0.2, -0.15) is 5.10 Å². The molecule has 0 unspecified atom stereocenters. The molecular formula is C24H20ClN3O4S. The first-order valence-corrected chi connectivity index (χ1v) is 11.3. The zero-order valence-electron chi connectivity index (χ0n) is 17.7. The number of hydrogen-bond acceptors (Lipinski definition) is 7. The summed E-state index contributed by atoms with van der Waals surface area (Å²) < 4.78 is 16.8. The normalized spacial score (nSPS) is 11.1. The van der Waals surface area contributed by atoms with Gasteiger partial charge >= 0.3 is 0 Å². The number of carbonyl (C=O) groups excluding carboxylic acids is 1. The van der Waals surface area contributed by atoms with E-state index >= 15 is 0 Å². The summed E-state index contributed by atoms with van der Waals surface area (Å²) in [6, 6.07) is 20.3. The van der Waals surface area contributed by atoms with Gasteiger partial charge < -0.3 is 13.9 Å². The van der Waals surface area contributed by atoms with E-state index in [1.807, 2.05) is 54.6 Å². The highest BCUT2D eigenvalue weighted by molar-refractivity contribution is 7.99. The van der Waals surface area contributed by atoms with Gasteiger partial charge in [-0.1, -0.05) is 47.6 Å². The van der Waals surface area contributed by atoms with E-state index in [1.165, 1.54) is 18.0 Å². The van der Waals surface area contributed by atoms with E-state index in [1.54, 1.807) is 19.2 Å². The number of oxazole rings is 1. The van der Waals surface area contributed by atoms with Crippen molar-refractivity contribution in [2.45, 2.75) is 11.8 Å². The first kappa shape index (κ1) is 22.7. The van der Waals surface area contributed by atoms with E-state index in [4.69, 9.17) is 25.5 Å². The van der Waals surface area contributed by atoms with Gasteiger partial charge in [-0.25, -0.2) is 10.4 Å². The molecule has 0 atom stereocenters. The molecule has 0 spiro atoms. The van der Waals surface area contributed by atoms with Gasteiger partial charge in [-0.05, 0) is 53.6 Å². The fourth-order valence-electron chi connectivity index (χ4n) is 2.92. The van der Waals surface area contributed by atoms with Crippen molar-refractivity contribution >= 4 is 46.6 Å². The van der Waals surface area contributed by atoms with Crippen LogP contribution in [0.4, 0.5) is 0 Å². The Morgan fingerprint density at radius 1 is 1.15 bits per heavy atom. The number of amides is 1. The van der Waals surface area contributed by atoms with E-state index < -0.39 is 0 Å². The second-order valence-electron chi connectivity index (χ2n) is 6.86. The van der Waals surface area contributed by atoms with E-state index in [2.05, 4.69) is 15.5 Å². The number of nitrogens with zero attached hydrogens (tertiary/aromatic N) is 2. The van der Waals surface area contributed by atoms with Crippen molar-refractivity contribution in [3.05, 3.63) is 82.9 Å². The van der Waals surface area contributed by atoms with Crippen LogP contribution in [0.3, 0.4) is 0 Å². The number of halogens is 1. The molecule has 0 aliphatic carbocycles. The van der Waals surface area contributed by atoms with Crippen molar-refractivity contribution in [1.29, 1.82) is 0 Å². The molecule has 1 heterocycles. The summed E-state index contributed by atoms with van der Waals surface area (Å²) >= 11 is 7.22. The number of ether oxygens (including phenoxy) is 2. The van der Waals surface area contributed by atoms with Crippen molar-refractivity contribution in [2.75, 3.05) is 12.9 Å². The Kier molecular flexibility index (Phi) is 7.49. The summed E-state index contributed by atoms with van der Waals surface area (Å²) in [7, 11) is 1.56. The summed E-state index contributed by atoms with van der Waals surface area (Å²) in [5, 5.41) is 5.10. The van der Waals surface area contributed by atoms with Crippen LogP contribution in [0.2, 0.25) is 5.02 Å². The van der Waals surface area contributed by atoms with E-state index in [-0.39, 0.29) is 11.7 Å². The highest BCUT2D eigenvalue weighted by atomic mass is 35.5. The number of methoxy groups -OCH3 is 1. The molecule has 168 valence electrons. The Balaban J connectivity index is 1.29. The van der Waals surface area contributed by atoms with Gasteiger partial charge in [0.15, 0.2) is 17.1 Å². The van der Waals surface area contributed by atoms with Crippen LogP contribution in [0.25, 0.3) is 11.1 Å². The molecule has 0 aliphatic rings. The number of hydrogen-bond donors (Lipinski definition) is 1. The van der Waals surface area contributed by atoms with Crippen LogP contribution in [0.1, 0.15) is 11.1 Å². The molecule has 0 bridgehead atoms. The highest BCUT2D eigenvalue weighted by Crippen LogP contribution is 2.28. The molecule has 1 aromatic heterocycles. The Morgan fingerprint density at radius 3 is 2.85 bits per heavy atom. The maximum atomic E-state index is 12.1. The van der Waals surface area contributed by atoms with Crippen LogP contribution < -0.4 is 14.9 Å². The van der Waals surface area contributed by atoms with Gasteiger partial charge in [0, 0.05) is 5.02 Å². The van der Waals surface area contributed by atoms with Crippen molar-refractivity contribution in [2.24, 2.45) is 5.10 Å². The lowest BCUT2D eigenvalue weighted by molar-refractivity contribution is -0.118. The monoisotopic (exact) mass is 481 g/mol. The fraction of sp³-hybridized carbons (Fsp3) is 0.125. The van der Waals surface area contributed by atoms with E-state index in [0.717, 1.165) is 16.6 Å². The maximum Gasteiger partial charge on any atom is 0.257 e. The second kappa shape index (κ2) is 10.9. The zero-order chi connectivity index (χ0) is 23.0. The maximum absolute atomic E-state index is 12.1. The number of fused-ring (bicyclic) bond motifs is 1. The lowest BCUT2D eigenvalue weighted by Crippen LogP contribution is -2.19. The molecule has 1 amide bonds. The number of aromatic nitrogens is 1. The molecule has 0 fully saturated rings. The third kappa shape index (κ3) is 6.27. The molecule has 4 rings (SSSR count). The van der Waals surface area contributed by atoms with Crippen LogP contribution in [0.5, 0.6) is 11.5 Å². The van der Waals surface area contributed by atoms with Crippen LogP contribution in [0, 0.1) is 0 Å². The summed E-state index contributed by atoms with van der Waals surface area (Å²) in [4.78, 5) is 16.4. The largest absolute Gasteiger partial charge is 0.493 e. The second-order valence-corrected chi connectivity index (χ2v) is 8.22. The molecule has 0 radical (unpaired) electrons. The van der Waals surface area contributed by atoms with Crippen LogP contribution in [-0.4, -0.2) is 30.0 Å². The number of rotatable bonds is 9. The van der Waals surface area contributed by atoms with Gasteiger partial charge in [0.05, 0.1) is 19.1 Å². The Morgan fingerprint density at radius 2 is 2.03 bits per heavy atom. The van der Waals surface area contributed by atoms with Crippen LogP contribution >= 0.6 is 23.4 Å². The lowest BCUT2D eigenvalue weighted by Gasteiger charge is -2.11. The van der Waals surface area contributed by atoms with E-state index in [9.17, 15) is 4.79 Å². The molecule has 33 heavy (non-hydrogen) atoms. The summed E-state index contributed by atoms with van der Waals surface area (Å²) in [6.45, 7) is 0.359. The molecular weight excluding hydrogens is 462 g/mol. The quantitative estimate of drug-likeness (QED) is 0.198. The van der Waals surface area contributed by atoms with Gasteiger partial charge in [0.2, 0.25) is 0 Å². The molecule has 7 nitrogen and oxygen atoms in total. The molecule has 0 aliphatic heterocycles. The minimum Gasteiger partial charge on any atom is -0.493 e. The number of para-hydroxylation sites is 2. The van der Waals surface area contributed by atoms with Crippen molar-refractivity contribution in [3.63, 3.8) is 0 Å². The Bertz CT molecular complexity index is 1260. The minimum atomic E-state index is -0.271. The topological polar surface area (TPSA) is 86.0 Å². The lowest BCUT2D eigenvalue weighted by atomic mass is 10.2. The van der Waals surface area contributed by atoms with Crippen LogP contribution in [-0.2, 0) is 11.4 Å². The standard InChI is InChI=1S/C24H20ClN3O4S/c1-30-22-12-16(9-10-21(22)31-14-17-5-4-6-18(25)11-17)13-26-28-23(29)15-33-24-27-19-7-2-3-8-20(19)32-24/h2-13H,14-15H2,1H3,(H,28,29)/b26-13+. The van der Waals surface area contributed by atoms with Gasteiger partial charge in [-0.15, -0.1) is 0 Å². The van der Waals surface area contributed by atoms with Gasteiger partial charge in [-0.3, -0.25) is 4.79 Å². The molecule has 0 saturated carbocycles. The third-order valence-corrected chi connectivity index (χ3v) is 5.54. The van der Waals surface area contributed by atoms with Crippen molar-refractivity contribution in [3.8, 4) is 11.5 Å². The molecule has 0 saturated heterocycles. The average molecular weight is 482 g/mol. The number of benzene rings is 3. The number of thioether (sulfide) groups is 1. The zero-order valence-corrected chi connectivity index (χ0v) is 19.2. The molecule has 9 heteroatoms.